The molecule has 3 nitrogen and oxygen atoms in total. The number of Topliss-reactive ketones (excluding diaryl/α,β-unsaturated/α-hetero) is 1. The Kier molecular flexibility index (Phi) is 4.81. The summed E-state index contributed by atoms with van der Waals surface area (Å²) in [6, 6.07) is 9.77. The molecule has 4 heteroatoms. The molecule has 0 radical (unpaired) electrons. The second kappa shape index (κ2) is 6.59. The van der Waals surface area contributed by atoms with Crippen LogP contribution in [0.1, 0.15) is 24.5 Å². The number of aryl methyl sites for hydroxylation is 1. The molecule has 21 heavy (non-hydrogen) atoms. The Hall–Kier alpha value is -2.07. The number of nitrogens with two attached hydrogens (primary N) is 1. The fourth-order valence-electron chi connectivity index (χ4n) is 2.29. The van der Waals surface area contributed by atoms with Crippen molar-refractivity contribution in [2.75, 3.05) is 6.54 Å². The van der Waals surface area contributed by atoms with Gasteiger partial charge in [0.15, 0.2) is 0 Å². The maximum atomic E-state index is 13.0. The lowest BCUT2D eigenvalue weighted by atomic mass is 9.77. The van der Waals surface area contributed by atoms with Gasteiger partial charge in [0.25, 0.3) is 0 Å². The number of hydrogen-bond acceptors (Lipinski definition) is 3. The van der Waals surface area contributed by atoms with Crippen LogP contribution in [-0.4, -0.2) is 17.3 Å². The molecule has 0 spiro atoms. The standard InChI is InChI=1S/C17H19FN2O/c1-17(12-19,14-5-7-15(18)8-6-14)16(21)9-4-13-3-2-10-20-11-13/h2-3,5-8,10-11H,4,9,12,19H2,1H3/t17-/m0/s1. The molecular formula is C17H19FN2O. The van der Waals surface area contributed by atoms with Crippen molar-refractivity contribution in [2.45, 2.75) is 25.2 Å². The average molecular weight is 286 g/mol. The number of pyridine rings is 1. The van der Waals surface area contributed by atoms with E-state index >= 15 is 0 Å². The minimum absolute atomic E-state index is 0.0560. The molecule has 0 bridgehead atoms. The van der Waals surface area contributed by atoms with E-state index in [-0.39, 0.29) is 18.1 Å². The van der Waals surface area contributed by atoms with Gasteiger partial charge in [0.1, 0.15) is 11.6 Å². The first-order valence-corrected chi connectivity index (χ1v) is 6.94. The molecule has 1 heterocycles. The van der Waals surface area contributed by atoms with Crippen molar-refractivity contribution < 1.29 is 9.18 Å². The predicted octanol–water partition coefficient (Wildman–Crippen LogP) is 2.64. The van der Waals surface area contributed by atoms with Crippen LogP contribution in [0.4, 0.5) is 4.39 Å². The van der Waals surface area contributed by atoms with Crippen molar-refractivity contribution in [1.29, 1.82) is 0 Å². The highest BCUT2D eigenvalue weighted by Gasteiger charge is 2.32. The van der Waals surface area contributed by atoms with Gasteiger partial charge < -0.3 is 5.73 Å². The Morgan fingerprint density at radius 2 is 2.00 bits per heavy atom. The van der Waals surface area contributed by atoms with Crippen molar-refractivity contribution in [1.82, 2.24) is 4.98 Å². The third-order valence-electron chi connectivity index (χ3n) is 3.87. The van der Waals surface area contributed by atoms with Gasteiger partial charge in [-0.05, 0) is 42.7 Å². The van der Waals surface area contributed by atoms with Gasteiger partial charge in [-0.1, -0.05) is 18.2 Å². The number of carbonyl (C=O) groups excluding carboxylic acids is 1. The van der Waals surface area contributed by atoms with Crippen LogP contribution in [0.2, 0.25) is 0 Å². The molecule has 0 saturated carbocycles. The molecule has 0 fully saturated rings. The average Bonchev–Trinajstić information content (AvgIpc) is 2.53. The van der Waals surface area contributed by atoms with Gasteiger partial charge in [-0.25, -0.2) is 4.39 Å². The number of aromatic nitrogens is 1. The van der Waals surface area contributed by atoms with Gasteiger partial charge >= 0.3 is 0 Å². The van der Waals surface area contributed by atoms with Gasteiger partial charge in [0.2, 0.25) is 0 Å². The molecule has 0 unspecified atom stereocenters. The molecule has 0 amide bonds. The zero-order chi connectivity index (χ0) is 15.3. The Bertz CT molecular complexity index is 598. The number of benzene rings is 1. The quantitative estimate of drug-likeness (QED) is 0.888. The predicted molar refractivity (Wildman–Crippen MR) is 80.4 cm³/mol. The van der Waals surface area contributed by atoms with Crippen molar-refractivity contribution in [2.24, 2.45) is 5.73 Å². The molecule has 0 aliphatic carbocycles. The first kappa shape index (κ1) is 15.3. The van der Waals surface area contributed by atoms with Crippen molar-refractivity contribution >= 4 is 5.78 Å². The molecule has 2 rings (SSSR count). The second-order valence-electron chi connectivity index (χ2n) is 5.33. The normalized spacial score (nSPS) is 13.7. The van der Waals surface area contributed by atoms with E-state index < -0.39 is 5.41 Å². The van der Waals surface area contributed by atoms with Crippen LogP contribution >= 0.6 is 0 Å². The molecule has 110 valence electrons. The van der Waals surface area contributed by atoms with E-state index in [0.29, 0.717) is 12.8 Å². The lowest BCUT2D eigenvalue weighted by molar-refractivity contribution is -0.123. The molecule has 2 aromatic rings. The number of nitrogens with zero attached hydrogens (tertiary/aromatic N) is 1. The summed E-state index contributed by atoms with van der Waals surface area (Å²) in [6.45, 7) is 2.01. The van der Waals surface area contributed by atoms with E-state index in [0.717, 1.165) is 11.1 Å². The monoisotopic (exact) mass is 286 g/mol. The van der Waals surface area contributed by atoms with Gasteiger partial charge in [-0.15, -0.1) is 0 Å². The minimum Gasteiger partial charge on any atom is -0.329 e. The van der Waals surface area contributed by atoms with Crippen molar-refractivity contribution in [3.8, 4) is 0 Å². The molecular weight excluding hydrogens is 267 g/mol. The molecule has 2 N–H and O–H groups in total. The lowest BCUT2D eigenvalue weighted by Crippen LogP contribution is -2.40. The Morgan fingerprint density at radius 1 is 1.29 bits per heavy atom. The highest BCUT2D eigenvalue weighted by atomic mass is 19.1. The van der Waals surface area contributed by atoms with Crippen LogP contribution in [-0.2, 0) is 16.6 Å². The summed E-state index contributed by atoms with van der Waals surface area (Å²) in [6.07, 6.45) is 4.47. The van der Waals surface area contributed by atoms with Crippen LogP contribution in [0.15, 0.2) is 48.8 Å². The van der Waals surface area contributed by atoms with E-state index in [9.17, 15) is 9.18 Å². The Balaban J connectivity index is 2.12. The second-order valence-corrected chi connectivity index (χ2v) is 5.33. The van der Waals surface area contributed by atoms with Crippen molar-refractivity contribution in [3.63, 3.8) is 0 Å². The van der Waals surface area contributed by atoms with Crippen LogP contribution in [0.3, 0.4) is 0 Å². The lowest BCUT2D eigenvalue weighted by Gasteiger charge is -2.27. The largest absolute Gasteiger partial charge is 0.329 e. The summed E-state index contributed by atoms with van der Waals surface area (Å²) in [7, 11) is 0. The number of rotatable bonds is 6. The van der Waals surface area contributed by atoms with E-state index in [1.165, 1.54) is 12.1 Å². The molecule has 0 aliphatic rings. The zero-order valence-corrected chi connectivity index (χ0v) is 12.1. The number of hydrogen-bond donors (Lipinski definition) is 1. The summed E-state index contributed by atoms with van der Waals surface area (Å²) < 4.78 is 13.0. The first-order chi connectivity index (χ1) is 10.1. The molecule has 1 aromatic heterocycles. The molecule has 0 saturated heterocycles. The molecule has 0 aliphatic heterocycles. The van der Waals surface area contributed by atoms with Crippen LogP contribution < -0.4 is 5.73 Å². The number of halogens is 1. The maximum absolute atomic E-state index is 13.0. The molecule has 1 atom stereocenters. The fourth-order valence-corrected chi connectivity index (χ4v) is 2.29. The summed E-state index contributed by atoms with van der Waals surface area (Å²) in [4.78, 5) is 16.6. The maximum Gasteiger partial charge on any atom is 0.144 e. The summed E-state index contributed by atoms with van der Waals surface area (Å²) >= 11 is 0. The van der Waals surface area contributed by atoms with Gasteiger partial charge in [0.05, 0.1) is 5.41 Å². The van der Waals surface area contributed by atoms with Gasteiger partial charge in [-0.3, -0.25) is 9.78 Å². The summed E-state index contributed by atoms with van der Waals surface area (Å²) in [5.41, 5.74) is 6.81. The van der Waals surface area contributed by atoms with E-state index in [1.807, 2.05) is 19.1 Å². The number of carbonyl (C=O) groups is 1. The summed E-state index contributed by atoms with van der Waals surface area (Å²) in [5.74, 6) is -0.263. The highest BCUT2D eigenvalue weighted by molar-refractivity contribution is 5.90. The van der Waals surface area contributed by atoms with Crippen LogP contribution in [0.25, 0.3) is 0 Å². The van der Waals surface area contributed by atoms with Crippen molar-refractivity contribution in [3.05, 3.63) is 65.7 Å². The molecule has 1 aromatic carbocycles. The highest BCUT2D eigenvalue weighted by Crippen LogP contribution is 2.26. The van der Waals surface area contributed by atoms with E-state index in [2.05, 4.69) is 4.98 Å². The fraction of sp³-hybridized carbons (Fsp3) is 0.294. The topological polar surface area (TPSA) is 56.0 Å². The Morgan fingerprint density at radius 3 is 2.57 bits per heavy atom. The van der Waals surface area contributed by atoms with Crippen LogP contribution in [0, 0.1) is 5.82 Å². The SMILES string of the molecule is C[C@@](CN)(C(=O)CCc1cccnc1)c1ccc(F)cc1. The van der Waals surface area contributed by atoms with E-state index in [4.69, 9.17) is 5.73 Å². The third kappa shape index (κ3) is 3.52. The smallest absolute Gasteiger partial charge is 0.144 e. The number of ketones is 1. The van der Waals surface area contributed by atoms with Gasteiger partial charge in [0, 0.05) is 25.4 Å². The van der Waals surface area contributed by atoms with E-state index in [1.54, 1.807) is 24.5 Å². The zero-order valence-electron chi connectivity index (χ0n) is 12.1. The summed E-state index contributed by atoms with van der Waals surface area (Å²) in [5, 5.41) is 0. The minimum atomic E-state index is -0.782. The van der Waals surface area contributed by atoms with Gasteiger partial charge in [-0.2, -0.15) is 0 Å². The Labute approximate surface area is 124 Å². The third-order valence-corrected chi connectivity index (χ3v) is 3.87. The first-order valence-electron chi connectivity index (χ1n) is 6.94. The van der Waals surface area contributed by atoms with Crippen LogP contribution in [0.5, 0.6) is 0 Å².